The number of amides is 1. The van der Waals surface area contributed by atoms with E-state index in [4.69, 9.17) is 0 Å². The first-order chi connectivity index (χ1) is 10.4. The Balaban J connectivity index is 1.94. The molecule has 1 aliphatic rings. The highest BCUT2D eigenvalue weighted by Crippen LogP contribution is 2.12. The number of carbonyl (C=O) groups excluding carboxylic acids is 1. The second-order valence-corrected chi connectivity index (χ2v) is 7.85. The number of nitrogens with one attached hydrogen (secondary N) is 1. The Labute approximate surface area is 131 Å². The molecule has 0 aromatic carbocycles. The number of sulfone groups is 1. The number of nitrogens with zero attached hydrogens (tertiary/aromatic N) is 3. The average Bonchev–Trinajstić information content (AvgIpc) is 2.83. The zero-order chi connectivity index (χ0) is 16.2. The van der Waals surface area contributed by atoms with Crippen LogP contribution in [-0.4, -0.2) is 55.7 Å². The minimum Gasteiger partial charge on any atom is -0.358 e. The third-order valence-electron chi connectivity index (χ3n) is 3.69. The summed E-state index contributed by atoms with van der Waals surface area (Å²) in [6.45, 7) is 3.01. The molecule has 1 aliphatic heterocycles. The lowest BCUT2D eigenvalue weighted by molar-refractivity contribution is 0.0935. The summed E-state index contributed by atoms with van der Waals surface area (Å²) >= 11 is 0. The third-order valence-corrected chi connectivity index (χ3v) is 5.46. The highest BCUT2D eigenvalue weighted by atomic mass is 32.2. The van der Waals surface area contributed by atoms with Gasteiger partial charge < -0.3 is 10.2 Å². The lowest BCUT2D eigenvalue weighted by Crippen LogP contribution is -2.36. The van der Waals surface area contributed by atoms with E-state index in [1.807, 2.05) is 11.9 Å². The van der Waals surface area contributed by atoms with Crippen LogP contribution < -0.4 is 10.2 Å². The van der Waals surface area contributed by atoms with Crippen LogP contribution in [0.15, 0.2) is 12.1 Å². The molecule has 7 nitrogen and oxygen atoms in total. The number of hydrogen-bond donors (Lipinski definition) is 1. The first-order valence-electron chi connectivity index (χ1n) is 7.47. The Morgan fingerprint density at radius 3 is 2.73 bits per heavy atom. The zero-order valence-electron chi connectivity index (χ0n) is 12.9. The summed E-state index contributed by atoms with van der Waals surface area (Å²) in [6.07, 6.45) is 2.62. The number of unbranched alkanes of at least 4 members (excludes halogenated alkanes) is 1. The number of rotatable bonds is 6. The predicted molar refractivity (Wildman–Crippen MR) is 84.7 cm³/mol. The van der Waals surface area contributed by atoms with Crippen molar-refractivity contribution in [1.82, 2.24) is 15.5 Å². The molecule has 22 heavy (non-hydrogen) atoms. The molecule has 0 saturated carbocycles. The minimum absolute atomic E-state index is 0.00398. The van der Waals surface area contributed by atoms with E-state index in [9.17, 15) is 13.2 Å². The minimum atomic E-state index is -3.01. The molecule has 1 aromatic heterocycles. The van der Waals surface area contributed by atoms with Crippen LogP contribution in [0.4, 0.5) is 5.82 Å². The van der Waals surface area contributed by atoms with Gasteiger partial charge in [0, 0.05) is 19.6 Å². The Hall–Kier alpha value is -1.70. The molecule has 0 spiro atoms. The maximum absolute atomic E-state index is 12.0. The molecule has 122 valence electrons. The van der Waals surface area contributed by atoms with Crippen LogP contribution in [0.2, 0.25) is 0 Å². The van der Waals surface area contributed by atoms with Gasteiger partial charge in [-0.05, 0) is 25.0 Å². The van der Waals surface area contributed by atoms with Gasteiger partial charge in [0.25, 0.3) is 5.91 Å². The topological polar surface area (TPSA) is 92.3 Å². The summed E-state index contributed by atoms with van der Waals surface area (Å²) < 4.78 is 22.8. The third kappa shape index (κ3) is 4.40. The summed E-state index contributed by atoms with van der Waals surface area (Å²) in [4.78, 5) is 14.0. The smallest absolute Gasteiger partial charge is 0.272 e. The van der Waals surface area contributed by atoms with Gasteiger partial charge in [-0.3, -0.25) is 4.79 Å². The standard InChI is InChI=1S/C14H22N4O3S/c1-3-4-8-18(2)13-6-5-12(16-17-13)14(19)15-11-7-9-22(20,21)10-11/h5-6,11H,3-4,7-10H2,1-2H3,(H,15,19). The maximum Gasteiger partial charge on any atom is 0.272 e. The van der Waals surface area contributed by atoms with Crippen LogP contribution in [0.1, 0.15) is 36.7 Å². The van der Waals surface area contributed by atoms with Crippen LogP contribution in [-0.2, 0) is 9.84 Å². The zero-order valence-corrected chi connectivity index (χ0v) is 13.8. The Morgan fingerprint density at radius 2 is 2.18 bits per heavy atom. The number of aromatic nitrogens is 2. The monoisotopic (exact) mass is 326 g/mol. The van der Waals surface area contributed by atoms with Crippen molar-refractivity contribution in [3.8, 4) is 0 Å². The van der Waals surface area contributed by atoms with E-state index in [1.54, 1.807) is 12.1 Å². The Kier molecular flexibility index (Phi) is 5.33. The average molecular weight is 326 g/mol. The van der Waals surface area contributed by atoms with Crippen molar-refractivity contribution in [2.24, 2.45) is 0 Å². The van der Waals surface area contributed by atoms with Crippen molar-refractivity contribution in [1.29, 1.82) is 0 Å². The Bertz CT molecular complexity index is 615. The van der Waals surface area contributed by atoms with Crippen molar-refractivity contribution in [3.63, 3.8) is 0 Å². The predicted octanol–water partition coefficient (Wildman–Crippen LogP) is 0.630. The first-order valence-corrected chi connectivity index (χ1v) is 9.29. The molecule has 1 fully saturated rings. The highest BCUT2D eigenvalue weighted by molar-refractivity contribution is 7.91. The summed E-state index contributed by atoms with van der Waals surface area (Å²) in [5, 5.41) is 10.7. The van der Waals surface area contributed by atoms with Crippen molar-refractivity contribution in [2.45, 2.75) is 32.2 Å². The van der Waals surface area contributed by atoms with Gasteiger partial charge in [0.1, 0.15) is 0 Å². The number of hydrogen-bond acceptors (Lipinski definition) is 6. The van der Waals surface area contributed by atoms with E-state index >= 15 is 0 Å². The number of carbonyl (C=O) groups is 1. The fourth-order valence-corrected chi connectivity index (χ4v) is 4.00. The Morgan fingerprint density at radius 1 is 1.41 bits per heavy atom. The molecule has 1 unspecified atom stereocenters. The van der Waals surface area contributed by atoms with E-state index in [0.29, 0.717) is 12.2 Å². The van der Waals surface area contributed by atoms with Gasteiger partial charge in [0.15, 0.2) is 21.3 Å². The van der Waals surface area contributed by atoms with E-state index in [1.165, 1.54) is 0 Å². The molecule has 2 rings (SSSR count). The van der Waals surface area contributed by atoms with Gasteiger partial charge in [-0.15, -0.1) is 10.2 Å². The SMILES string of the molecule is CCCCN(C)c1ccc(C(=O)NC2CCS(=O)(=O)C2)nn1. The second kappa shape index (κ2) is 7.04. The molecule has 8 heteroatoms. The molecule has 1 N–H and O–H groups in total. The molecule has 0 aliphatic carbocycles. The first kappa shape index (κ1) is 16.7. The molecular formula is C14H22N4O3S. The van der Waals surface area contributed by atoms with Gasteiger partial charge in [-0.25, -0.2) is 8.42 Å². The normalized spacial score (nSPS) is 19.8. The summed E-state index contributed by atoms with van der Waals surface area (Å²) in [5.74, 6) is 0.472. The summed E-state index contributed by atoms with van der Waals surface area (Å²) in [6, 6.07) is 3.04. The summed E-state index contributed by atoms with van der Waals surface area (Å²) in [7, 11) is -1.07. The molecule has 0 bridgehead atoms. The highest BCUT2D eigenvalue weighted by Gasteiger charge is 2.29. The molecular weight excluding hydrogens is 304 g/mol. The fourth-order valence-electron chi connectivity index (χ4n) is 2.33. The van der Waals surface area contributed by atoms with E-state index in [2.05, 4.69) is 22.4 Å². The van der Waals surface area contributed by atoms with E-state index in [-0.39, 0.29) is 29.1 Å². The molecule has 2 heterocycles. The molecule has 1 aromatic rings. The van der Waals surface area contributed by atoms with Crippen LogP contribution in [0.3, 0.4) is 0 Å². The van der Waals surface area contributed by atoms with Gasteiger partial charge in [-0.2, -0.15) is 0 Å². The van der Waals surface area contributed by atoms with Crippen molar-refractivity contribution in [3.05, 3.63) is 17.8 Å². The quantitative estimate of drug-likeness (QED) is 0.824. The van der Waals surface area contributed by atoms with Crippen LogP contribution in [0.25, 0.3) is 0 Å². The molecule has 1 atom stereocenters. The van der Waals surface area contributed by atoms with Gasteiger partial charge >= 0.3 is 0 Å². The van der Waals surface area contributed by atoms with Crippen molar-refractivity contribution >= 4 is 21.6 Å². The van der Waals surface area contributed by atoms with Crippen molar-refractivity contribution < 1.29 is 13.2 Å². The van der Waals surface area contributed by atoms with Gasteiger partial charge in [-0.1, -0.05) is 13.3 Å². The van der Waals surface area contributed by atoms with E-state index < -0.39 is 9.84 Å². The van der Waals surface area contributed by atoms with Crippen LogP contribution >= 0.6 is 0 Å². The lowest BCUT2D eigenvalue weighted by Gasteiger charge is -2.17. The lowest BCUT2D eigenvalue weighted by atomic mass is 10.2. The molecule has 1 saturated heterocycles. The van der Waals surface area contributed by atoms with Gasteiger partial charge in [0.2, 0.25) is 0 Å². The van der Waals surface area contributed by atoms with Crippen molar-refractivity contribution in [2.75, 3.05) is 30.0 Å². The van der Waals surface area contributed by atoms with Crippen LogP contribution in [0.5, 0.6) is 0 Å². The second-order valence-electron chi connectivity index (χ2n) is 5.63. The van der Waals surface area contributed by atoms with Crippen LogP contribution in [0, 0.1) is 0 Å². The number of anilines is 1. The largest absolute Gasteiger partial charge is 0.358 e. The molecule has 0 radical (unpaired) electrons. The van der Waals surface area contributed by atoms with Gasteiger partial charge in [0.05, 0.1) is 11.5 Å². The summed E-state index contributed by atoms with van der Waals surface area (Å²) in [5.41, 5.74) is 0.205. The maximum atomic E-state index is 12.0. The van der Waals surface area contributed by atoms with E-state index in [0.717, 1.165) is 19.4 Å². The molecule has 1 amide bonds. The fraction of sp³-hybridized carbons (Fsp3) is 0.643.